The maximum atomic E-state index is 12.1. The third-order valence-corrected chi connectivity index (χ3v) is 4.57. The minimum absolute atomic E-state index is 0.00766. The van der Waals surface area contributed by atoms with Crippen LogP contribution in [0.4, 0.5) is 0 Å². The van der Waals surface area contributed by atoms with Crippen molar-refractivity contribution in [3.63, 3.8) is 0 Å². The maximum Gasteiger partial charge on any atom is 0.331 e. The van der Waals surface area contributed by atoms with Gasteiger partial charge in [-0.25, -0.2) is 4.79 Å². The number of hydrogen-bond acceptors (Lipinski definition) is 10. The Morgan fingerprint density at radius 2 is 1.71 bits per heavy atom. The lowest BCUT2D eigenvalue weighted by Gasteiger charge is -2.41. The average molecular weight is 434 g/mol. The first kappa shape index (κ1) is 22.4. The smallest absolute Gasteiger partial charge is 0.331 e. The summed E-state index contributed by atoms with van der Waals surface area (Å²) in [5, 5.41) is 58.4. The van der Waals surface area contributed by atoms with Gasteiger partial charge in [0.15, 0.2) is 17.6 Å². The molecular weight excluding hydrogens is 412 g/mol. The molecule has 3 rings (SSSR count). The summed E-state index contributed by atoms with van der Waals surface area (Å²) in [5.41, 5.74) is 0.397. The van der Waals surface area contributed by atoms with E-state index in [1.165, 1.54) is 48.5 Å². The third kappa shape index (κ3) is 5.44. The third-order valence-electron chi connectivity index (χ3n) is 4.57. The summed E-state index contributed by atoms with van der Waals surface area (Å²) in [6, 6.07) is 9.47. The number of phenolic OH excluding ortho intramolecular Hbond substituents is 3. The zero-order chi connectivity index (χ0) is 22.5. The van der Waals surface area contributed by atoms with Crippen LogP contribution in [0.25, 0.3) is 6.08 Å². The van der Waals surface area contributed by atoms with Crippen LogP contribution in [0.2, 0.25) is 0 Å². The van der Waals surface area contributed by atoms with E-state index in [1.807, 2.05) is 0 Å². The molecular formula is C21H22O10. The van der Waals surface area contributed by atoms with Crippen LogP contribution in [0.15, 0.2) is 48.5 Å². The highest BCUT2D eigenvalue weighted by molar-refractivity contribution is 5.87. The van der Waals surface area contributed by atoms with Gasteiger partial charge in [-0.05, 0) is 48.0 Å². The van der Waals surface area contributed by atoms with Crippen LogP contribution >= 0.6 is 0 Å². The zero-order valence-corrected chi connectivity index (χ0v) is 16.1. The molecule has 0 spiro atoms. The number of aliphatic hydroxyl groups excluding tert-OH is 3. The standard InChI is InChI=1S/C21H22O10/c22-10-16-20(31-17(26)8-2-11-1-7-14(24)15(25)9-11)18(27)19(28)21(30-16)29-13-5-3-12(23)4-6-13/h1-9,16,18-25,27-28H,10H2. The molecule has 0 aliphatic carbocycles. The fourth-order valence-corrected chi connectivity index (χ4v) is 2.94. The summed E-state index contributed by atoms with van der Waals surface area (Å²) in [6.45, 7) is -0.632. The van der Waals surface area contributed by atoms with Gasteiger partial charge < -0.3 is 44.8 Å². The Kier molecular flexibility index (Phi) is 6.98. The number of rotatable bonds is 6. The van der Waals surface area contributed by atoms with E-state index in [2.05, 4.69) is 0 Å². The van der Waals surface area contributed by atoms with Gasteiger partial charge in [0, 0.05) is 6.08 Å². The van der Waals surface area contributed by atoms with Crippen molar-refractivity contribution in [1.29, 1.82) is 0 Å². The molecule has 1 aliphatic heterocycles. The predicted octanol–water partition coefficient (Wildman–Crippen LogP) is 0.246. The number of carbonyl (C=O) groups excluding carboxylic acids is 1. The van der Waals surface area contributed by atoms with Crippen molar-refractivity contribution in [3.05, 3.63) is 54.1 Å². The number of carbonyl (C=O) groups is 1. The van der Waals surface area contributed by atoms with Crippen molar-refractivity contribution in [2.45, 2.75) is 30.7 Å². The number of aromatic hydroxyl groups is 3. The van der Waals surface area contributed by atoms with Gasteiger partial charge in [0.25, 0.3) is 0 Å². The molecule has 5 unspecified atom stereocenters. The van der Waals surface area contributed by atoms with Gasteiger partial charge in [0.05, 0.1) is 6.61 Å². The first-order valence-electron chi connectivity index (χ1n) is 9.27. The van der Waals surface area contributed by atoms with E-state index < -0.39 is 43.3 Å². The molecule has 0 saturated carbocycles. The molecule has 1 aliphatic rings. The van der Waals surface area contributed by atoms with Crippen molar-refractivity contribution >= 4 is 12.0 Å². The second-order valence-electron chi connectivity index (χ2n) is 6.80. The van der Waals surface area contributed by atoms with Crippen LogP contribution in [0, 0.1) is 0 Å². The summed E-state index contributed by atoms with van der Waals surface area (Å²) < 4.78 is 16.0. The highest BCUT2D eigenvalue weighted by Crippen LogP contribution is 2.28. The lowest BCUT2D eigenvalue weighted by Crippen LogP contribution is -2.61. The molecule has 0 amide bonds. The minimum atomic E-state index is -1.62. The van der Waals surface area contributed by atoms with Crippen molar-refractivity contribution in [3.8, 4) is 23.0 Å². The first-order valence-corrected chi connectivity index (χ1v) is 9.27. The van der Waals surface area contributed by atoms with Crippen molar-refractivity contribution < 1.29 is 49.6 Å². The predicted molar refractivity (Wildman–Crippen MR) is 105 cm³/mol. The van der Waals surface area contributed by atoms with Crippen LogP contribution in [0.1, 0.15) is 5.56 Å². The molecule has 10 heteroatoms. The second-order valence-corrected chi connectivity index (χ2v) is 6.80. The Balaban J connectivity index is 1.65. The van der Waals surface area contributed by atoms with Gasteiger partial charge in [-0.1, -0.05) is 6.07 Å². The van der Waals surface area contributed by atoms with Crippen molar-refractivity contribution in [2.75, 3.05) is 6.61 Å². The molecule has 1 fully saturated rings. The lowest BCUT2D eigenvalue weighted by atomic mass is 9.99. The molecule has 0 radical (unpaired) electrons. The summed E-state index contributed by atoms with van der Waals surface area (Å²) >= 11 is 0. The van der Waals surface area contributed by atoms with Gasteiger partial charge in [-0.15, -0.1) is 0 Å². The summed E-state index contributed by atoms with van der Waals surface area (Å²) in [5.74, 6) is -1.33. The molecule has 10 nitrogen and oxygen atoms in total. The van der Waals surface area contributed by atoms with Crippen LogP contribution in [-0.4, -0.2) is 73.9 Å². The number of benzene rings is 2. The SMILES string of the molecule is O=C(C=Cc1ccc(O)c(O)c1)OC1C(CO)OC(Oc2ccc(O)cc2)C(O)C1O. The lowest BCUT2D eigenvalue weighted by molar-refractivity contribution is -0.280. The Morgan fingerprint density at radius 3 is 2.35 bits per heavy atom. The highest BCUT2D eigenvalue weighted by atomic mass is 16.7. The van der Waals surface area contributed by atoms with E-state index in [0.29, 0.717) is 5.56 Å². The normalized spacial score (nSPS) is 26.0. The van der Waals surface area contributed by atoms with Gasteiger partial charge >= 0.3 is 5.97 Å². The molecule has 31 heavy (non-hydrogen) atoms. The molecule has 6 N–H and O–H groups in total. The number of esters is 1. The largest absolute Gasteiger partial charge is 0.508 e. The molecule has 2 aromatic carbocycles. The Hall–Kier alpha value is -3.31. The minimum Gasteiger partial charge on any atom is -0.508 e. The number of ether oxygens (including phenoxy) is 3. The monoisotopic (exact) mass is 434 g/mol. The highest BCUT2D eigenvalue weighted by Gasteiger charge is 2.47. The van der Waals surface area contributed by atoms with E-state index in [9.17, 15) is 35.4 Å². The quantitative estimate of drug-likeness (QED) is 0.211. The fourth-order valence-electron chi connectivity index (χ4n) is 2.94. The summed E-state index contributed by atoms with van der Waals surface area (Å²) in [4.78, 5) is 12.1. The fraction of sp³-hybridized carbons (Fsp3) is 0.286. The van der Waals surface area contributed by atoms with Crippen molar-refractivity contribution in [2.24, 2.45) is 0 Å². The van der Waals surface area contributed by atoms with Crippen LogP contribution in [0.3, 0.4) is 0 Å². The molecule has 0 bridgehead atoms. The molecule has 1 saturated heterocycles. The van der Waals surface area contributed by atoms with Gasteiger partial charge in [0.2, 0.25) is 6.29 Å². The molecule has 1 heterocycles. The Morgan fingerprint density at radius 1 is 1.00 bits per heavy atom. The van der Waals surface area contributed by atoms with Gasteiger partial charge in [0.1, 0.15) is 29.8 Å². The molecule has 0 aromatic heterocycles. The molecule has 5 atom stereocenters. The number of hydrogen-bond donors (Lipinski definition) is 6. The number of aliphatic hydroxyl groups is 3. The summed E-state index contributed by atoms with van der Waals surface area (Å²) in [6.07, 6.45) is -4.84. The maximum absolute atomic E-state index is 12.1. The molecule has 166 valence electrons. The van der Waals surface area contributed by atoms with E-state index >= 15 is 0 Å². The van der Waals surface area contributed by atoms with Gasteiger partial charge in [-0.3, -0.25) is 0 Å². The average Bonchev–Trinajstić information content (AvgIpc) is 2.75. The second kappa shape index (κ2) is 9.67. The van der Waals surface area contributed by atoms with Crippen LogP contribution < -0.4 is 4.74 Å². The number of phenols is 3. The van der Waals surface area contributed by atoms with E-state index in [1.54, 1.807) is 0 Å². The van der Waals surface area contributed by atoms with Crippen LogP contribution in [0.5, 0.6) is 23.0 Å². The van der Waals surface area contributed by atoms with E-state index in [-0.39, 0.29) is 23.0 Å². The van der Waals surface area contributed by atoms with Crippen molar-refractivity contribution in [1.82, 2.24) is 0 Å². The Bertz CT molecular complexity index is 924. The van der Waals surface area contributed by atoms with Gasteiger partial charge in [-0.2, -0.15) is 0 Å². The van der Waals surface area contributed by atoms with E-state index in [4.69, 9.17) is 14.2 Å². The first-order chi connectivity index (χ1) is 14.8. The van der Waals surface area contributed by atoms with E-state index in [0.717, 1.165) is 6.08 Å². The molecule has 2 aromatic rings. The zero-order valence-electron chi connectivity index (χ0n) is 16.1. The topological polar surface area (TPSA) is 166 Å². The summed E-state index contributed by atoms with van der Waals surface area (Å²) in [7, 11) is 0. The van der Waals surface area contributed by atoms with Crippen LogP contribution in [-0.2, 0) is 14.3 Å². The Labute approximate surface area is 176 Å².